The van der Waals surface area contributed by atoms with E-state index >= 15 is 0 Å². The highest BCUT2D eigenvalue weighted by atomic mass is 32.1. The molecule has 0 aromatic carbocycles. The van der Waals surface area contributed by atoms with Crippen molar-refractivity contribution in [3.05, 3.63) is 40.5 Å². The molecule has 3 aromatic heterocycles. The van der Waals surface area contributed by atoms with Crippen LogP contribution in [0.4, 0.5) is 5.82 Å². The van der Waals surface area contributed by atoms with E-state index in [2.05, 4.69) is 25.9 Å². The van der Waals surface area contributed by atoms with Gasteiger partial charge in [0, 0.05) is 31.2 Å². The standard InChI is InChI=1S/C19H18N6OS/c20-9-13-8-15(27-10-13)18(26)25-7-1-6-24(11-19(25)3-4-19)17-14-2-5-21-16(14)22-12-23-17/h2,5,8,10,12H,1,3-4,6-7,11H2,(H,21,22,23). The number of rotatable bonds is 2. The van der Waals surface area contributed by atoms with Crippen molar-refractivity contribution in [2.24, 2.45) is 0 Å². The Kier molecular flexibility index (Phi) is 3.65. The maximum Gasteiger partial charge on any atom is 0.264 e. The lowest BCUT2D eigenvalue weighted by atomic mass is 10.2. The zero-order valence-electron chi connectivity index (χ0n) is 14.7. The van der Waals surface area contributed by atoms with Crippen LogP contribution in [0.3, 0.4) is 0 Å². The number of amides is 1. The van der Waals surface area contributed by atoms with Gasteiger partial charge < -0.3 is 14.8 Å². The van der Waals surface area contributed by atoms with E-state index in [-0.39, 0.29) is 11.4 Å². The van der Waals surface area contributed by atoms with Gasteiger partial charge in [-0.2, -0.15) is 5.26 Å². The number of carbonyl (C=O) groups is 1. The predicted octanol–water partition coefficient (Wildman–Crippen LogP) is 2.78. The van der Waals surface area contributed by atoms with Gasteiger partial charge in [0.1, 0.15) is 23.9 Å². The number of nitrogens with one attached hydrogen (secondary N) is 1. The van der Waals surface area contributed by atoms with Gasteiger partial charge in [-0.05, 0) is 31.4 Å². The van der Waals surface area contributed by atoms with Crippen molar-refractivity contribution in [2.75, 3.05) is 24.5 Å². The summed E-state index contributed by atoms with van der Waals surface area (Å²) in [4.78, 5) is 30.1. The number of fused-ring (bicyclic) bond motifs is 1. The van der Waals surface area contributed by atoms with Crippen LogP contribution in [0, 0.1) is 11.3 Å². The van der Waals surface area contributed by atoms with Crippen LogP contribution < -0.4 is 4.90 Å². The van der Waals surface area contributed by atoms with Crippen LogP contribution in [-0.4, -0.2) is 50.9 Å². The van der Waals surface area contributed by atoms with E-state index in [0.717, 1.165) is 55.7 Å². The van der Waals surface area contributed by atoms with Gasteiger partial charge in [0.25, 0.3) is 5.91 Å². The highest BCUT2D eigenvalue weighted by Crippen LogP contribution is 2.45. The average Bonchev–Trinajstić information content (AvgIpc) is 3.13. The van der Waals surface area contributed by atoms with Crippen molar-refractivity contribution in [3.8, 4) is 6.07 Å². The fourth-order valence-corrected chi connectivity index (χ4v) is 4.78. The van der Waals surface area contributed by atoms with E-state index < -0.39 is 0 Å². The molecule has 3 aromatic rings. The number of hydrogen-bond donors (Lipinski definition) is 1. The normalized spacial score (nSPS) is 18.5. The van der Waals surface area contributed by atoms with Gasteiger partial charge in [-0.25, -0.2) is 9.97 Å². The number of H-pyrrole nitrogens is 1. The largest absolute Gasteiger partial charge is 0.354 e. The van der Waals surface area contributed by atoms with Gasteiger partial charge in [0.05, 0.1) is 21.4 Å². The van der Waals surface area contributed by atoms with E-state index in [1.165, 1.54) is 11.3 Å². The molecule has 27 heavy (non-hydrogen) atoms. The SMILES string of the molecule is N#Cc1csc(C(=O)N2CCCN(c3ncnc4[nH]ccc34)CC23CC3)c1. The Bertz CT molecular complexity index is 1060. The molecule has 0 atom stereocenters. The molecule has 7 nitrogen and oxygen atoms in total. The quantitative estimate of drug-likeness (QED) is 0.741. The minimum Gasteiger partial charge on any atom is -0.354 e. The van der Waals surface area contributed by atoms with Crippen LogP contribution in [0.2, 0.25) is 0 Å². The summed E-state index contributed by atoms with van der Waals surface area (Å²) in [6.07, 6.45) is 6.38. The molecule has 0 radical (unpaired) electrons. The first kappa shape index (κ1) is 16.3. The first-order valence-corrected chi connectivity index (χ1v) is 9.92. The molecule has 2 fully saturated rings. The maximum absolute atomic E-state index is 13.1. The summed E-state index contributed by atoms with van der Waals surface area (Å²) in [6, 6.07) is 5.83. The molecule has 1 saturated heterocycles. The summed E-state index contributed by atoms with van der Waals surface area (Å²) in [5.74, 6) is 0.986. The van der Waals surface area contributed by atoms with Crippen LogP contribution in [0.5, 0.6) is 0 Å². The van der Waals surface area contributed by atoms with Crippen molar-refractivity contribution >= 4 is 34.1 Å². The molecule has 1 saturated carbocycles. The van der Waals surface area contributed by atoms with E-state index in [0.29, 0.717) is 10.4 Å². The second kappa shape index (κ2) is 6.06. The summed E-state index contributed by atoms with van der Waals surface area (Å²) in [7, 11) is 0. The fraction of sp³-hybridized carbons (Fsp3) is 0.368. The third-order valence-electron chi connectivity index (χ3n) is 5.51. The predicted molar refractivity (Wildman–Crippen MR) is 103 cm³/mol. The third kappa shape index (κ3) is 2.66. The minimum atomic E-state index is -0.127. The smallest absolute Gasteiger partial charge is 0.264 e. The Morgan fingerprint density at radius 3 is 3.00 bits per heavy atom. The molecule has 0 bridgehead atoms. The topological polar surface area (TPSA) is 88.9 Å². The van der Waals surface area contributed by atoms with Gasteiger partial charge in [0.2, 0.25) is 0 Å². The molecule has 0 unspecified atom stereocenters. The molecule has 4 heterocycles. The lowest BCUT2D eigenvalue weighted by molar-refractivity contribution is 0.0675. The Morgan fingerprint density at radius 2 is 2.22 bits per heavy atom. The Balaban J connectivity index is 1.45. The molecule has 1 aliphatic carbocycles. The minimum absolute atomic E-state index is 0.0512. The van der Waals surface area contributed by atoms with Crippen LogP contribution in [0.15, 0.2) is 30.0 Å². The molecule has 1 N–H and O–H groups in total. The van der Waals surface area contributed by atoms with Gasteiger partial charge in [-0.1, -0.05) is 0 Å². The van der Waals surface area contributed by atoms with Gasteiger partial charge in [-0.3, -0.25) is 4.79 Å². The van der Waals surface area contributed by atoms with Crippen LogP contribution in [0.25, 0.3) is 11.0 Å². The van der Waals surface area contributed by atoms with Crippen LogP contribution in [-0.2, 0) is 0 Å². The first-order chi connectivity index (χ1) is 13.2. The Hall–Kier alpha value is -2.92. The zero-order valence-corrected chi connectivity index (χ0v) is 15.5. The lowest BCUT2D eigenvalue weighted by Gasteiger charge is -2.32. The monoisotopic (exact) mass is 378 g/mol. The maximum atomic E-state index is 13.1. The number of nitriles is 1. The summed E-state index contributed by atoms with van der Waals surface area (Å²) in [5, 5.41) is 11.8. The summed E-state index contributed by atoms with van der Waals surface area (Å²) in [6.45, 7) is 2.37. The van der Waals surface area contributed by atoms with E-state index in [9.17, 15) is 4.79 Å². The number of aromatic amines is 1. The molecule has 2 aliphatic rings. The molecule has 8 heteroatoms. The van der Waals surface area contributed by atoms with E-state index in [4.69, 9.17) is 5.26 Å². The Labute approximate surface area is 160 Å². The van der Waals surface area contributed by atoms with Crippen LogP contribution in [0.1, 0.15) is 34.5 Å². The molecular weight excluding hydrogens is 360 g/mol. The lowest BCUT2D eigenvalue weighted by Crippen LogP contribution is -2.46. The second-order valence-electron chi connectivity index (χ2n) is 7.20. The number of nitrogens with zero attached hydrogens (tertiary/aromatic N) is 5. The second-order valence-corrected chi connectivity index (χ2v) is 8.12. The highest BCUT2D eigenvalue weighted by Gasteiger charge is 2.52. The first-order valence-electron chi connectivity index (χ1n) is 9.04. The molecule has 136 valence electrons. The molecule has 1 amide bonds. The number of anilines is 1. The van der Waals surface area contributed by atoms with E-state index in [1.807, 2.05) is 17.2 Å². The van der Waals surface area contributed by atoms with E-state index in [1.54, 1.807) is 17.8 Å². The number of carbonyl (C=O) groups excluding carboxylic acids is 1. The summed E-state index contributed by atoms with van der Waals surface area (Å²) in [5.41, 5.74) is 1.27. The average molecular weight is 378 g/mol. The van der Waals surface area contributed by atoms with Crippen molar-refractivity contribution in [3.63, 3.8) is 0 Å². The third-order valence-corrected chi connectivity index (χ3v) is 6.43. The number of aromatic nitrogens is 3. The highest BCUT2D eigenvalue weighted by molar-refractivity contribution is 7.12. The van der Waals surface area contributed by atoms with Crippen LogP contribution >= 0.6 is 11.3 Å². The molecule has 1 aliphatic heterocycles. The van der Waals surface area contributed by atoms with Crippen molar-refractivity contribution < 1.29 is 4.79 Å². The van der Waals surface area contributed by atoms with Gasteiger partial charge in [0.15, 0.2) is 0 Å². The number of thiophene rings is 1. The summed E-state index contributed by atoms with van der Waals surface area (Å²) >= 11 is 1.36. The zero-order chi connectivity index (χ0) is 18.4. The number of hydrogen-bond acceptors (Lipinski definition) is 6. The fourth-order valence-electron chi connectivity index (χ4n) is 4.00. The Morgan fingerprint density at radius 1 is 1.33 bits per heavy atom. The van der Waals surface area contributed by atoms with Crippen molar-refractivity contribution in [1.29, 1.82) is 5.26 Å². The van der Waals surface area contributed by atoms with Crippen molar-refractivity contribution in [2.45, 2.75) is 24.8 Å². The van der Waals surface area contributed by atoms with Crippen molar-refractivity contribution in [1.82, 2.24) is 19.9 Å². The molecular formula is C19H18N6OS. The molecule has 1 spiro atoms. The summed E-state index contributed by atoms with van der Waals surface area (Å²) < 4.78 is 0. The van der Waals surface area contributed by atoms with Gasteiger partial charge >= 0.3 is 0 Å². The molecule has 5 rings (SSSR count). The van der Waals surface area contributed by atoms with Gasteiger partial charge in [-0.15, -0.1) is 11.3 Å².